The van der Waals surface area contributed by atoms with Crippen LogP contribution in [0.3, 0.4) is 0 Å². The Kier molecular flexibility index (Phi) is 4.47. The number of cyclic esters (lactones) is 1. The molecule has 6 heteroatoms. The van der Waals surface area contributed by atoms with Gasteiger partial charge in [0.25, 0.3) is 0 Å². The first-order chi connectivity index (χ1) is 11.4. The molecular weight excluding hydrogens is 331 g/mol. The van der Waals surface area contributed by atoms with E-state index in [1.165, 1.54) is 17.0 Å². The molecule has 2 aromatic rings. The first-order valence-electron chi connectivity index (χ1n) is 7.69. The van der Waals surface area contributed by atoms with E-state index in [0.29, 0.717) is 35.0 Å². The average molecular weight is 349 g/mol. The van der Waals surface area contributed by atoms with E-state index in [2.05, 4.69) is 0 Å². The molecule has 1 amide bonds. The minimum absolute atomic E-state index is 0.306. The minimum Gasteiger partial charge on any atom is -0.447 e. The summed E-state index contributed by atoms with van der Waals surface area (Å²) in [6, 6.07) is 7.68. The SMILES string of the molecule is Cc1c(Cl)cc(C(C)N)c(-c2cccc(F)c2)c1N1CCOC1=O. The van der Waals surface area contributed by atoms with Crippen molar-refractivity contribution in [1.29, 1.82) is 0 Å². The van der Waals surface area contributed by atoms with Crippen molar-refractivity contribution in [2.75, 3.05) is 18.1 Å². The van der Waals surface area contributed by atoms with Crippen molar-refractivity contribution in [2.45, 2.75) is 19.9 Å². The smallest absolute Gasteiger partial charge is 0.414 e. The lowest BCUT2D eigenvalue weighted by molar-refractivity contribution is 0.181. The maximum absolute atomic E-state index is 13.8. The standard InChI is InChI=1S/C18H18ClFN2O2/c1-10-15(19)9-14(11(2)21)16(12-4-3-5-13(20)8-12)17(10)22-6-7-24-18(22)23/h3-5,8-9,11H,6-7,21H2,1-2H3. The van der Waals surface area contributed by atoms with E-state index >= 15 is 0 Å². The molecule has 2 N–H and O–H groups in total. The number of rotatable bonds is 3. The van der Waals surface area contributed by atoms with Gasteiger partial charge >= 0.3 is 6.09 Å². The fourth-order valence-electron chi connectivity index (χ4n) is 2.99. The molecule has 0 aliphatic carbocycles. The molecule has 4 nitrogen and oxygen atoms in total. The first kappa shape index (κ1) is 16.7. The van der Waals surface area contributed by atoms with Gasteiger partial charge in [0.05, 0.1) is 12.2 Å². The largest absolute Gasteiger partial charge is 0.447 e. The van der Waals surface area contributed by atoms with Crippen LogP contribution in [0.2, 0.25) is 5.02 Å². The third kappa shape index (κ3) is 2.85. The summed E-state index contributed by atoms with van der Waals surface area (Å²) in [7, 11) is 0. The Hall–Kier alpha value is -2.11. The number of anilines is 1. The Bertz CT molecular complexity index is 808. The van der Waals surface area contributed by atoms with Crippen LogP contribution in [-0.2, 0) is 4.74 Å². The van der Waals surface area contributed by atoms with E-state index in [4.69, 9.17) is 22.1 Å². The van der Waals surface area contributed by atoms with Crippen molar-refractivity contribution in [3.05, 3.63) is 52.3 Å². The number of ether oxygens (including phenoxy) is 1. The lowest BCUT2D eigenvalue weighted by atomic mass is 9.91. The highest BCUT2D eigenvalue weighted by Gasteiger charge is 2.30. The maximum atomic E-state index is 13.8. The van der Waals surface area contributed by atoms with Crippen molar-refractivity contribution in [2.24, 2.45) is 5.73 Å². The molecule has 1 atom stereocenters. The van der Waals surface area contributed by atoms with Gasteiger partial charge in [-0.15, -0.1) is 0 Å². The lowest BCUT2D eigenvalue weighted by Crippen LogP contribution is -2.26. The molecule has 3 rings (SSSR count). The number of hydrogen-bond acceptors (Lipinski definition) is 3. The molecule has 2 aromatic carbocycles. The molecular formula is C18H18ClFN2O2. The molecule has 0 bridgehead atoms. The summed E-state index contributed by atoms with van der Waals surface area (Å²) >= 11 is 6.37. The number of nitrogens with two attached hydrogens (primary N) is 1. The predicted molar refractivity (Wildman–Crippen MR) is 92.9 cm³/mol. The van der Waals surface area contributed by atoms with Crippen LogP contribution in [0.5, 0.6) is 0 Å². The number of halogens is 2. The van der Waals surface area contributed by atoms with Gasteiger partial charge in [0, 0.05) is 16.6 Å². The fourth-order valence-corrected chi connectivity index (χ4v) is 3.20. The number of carbonyl (C=O) groups excluding carboxylic acids is 1. The molecule has 0 saturated carbocycles. The van der Waals surface area contributed by atoms with Crippen LogP contribution in [0.25, 0.3) is 11.1 Å². The highest BCUT2D eigenvalue weighted by Crippen LogP contribution is 2.43. The molecule has 1 heterocycles. The molecule has 126 valence electrons. The Balaban J connectivity index is 2.35. The molecule has 1 aliphatic heterocycles. The molecule has 0 radical (unpaired) electrons. The van der Waals surface area contributed by atoms with Crippen LogP contribution < -0.4 is 10.6 Å². The molecule has 1 unspecified atom stereocenters. The maximum Gasteiger partial charge on any atom is 0.414 e. The number of benzene rings is 2. The van der Waals surface area contributed by atoms with Gasteiger partial charge in [0.1, 0.15) is 12.4 Å². The molecule has 0 spiro atoms. The van der Waals surface area contributed by atoms with E-state index < -0.39 is 6.09 Å². The van der Waals surface area contributed by atoms with E-state index in [1.807, 2.05) is 13.8 Å². The topological polar surface area (TPSA) is 55.6 Å². The van der Waals surface area contributed by atoms with Crippen LogP contribution in [0.15, 0.2) is 30.3 Å². The van der Waals surface area contributed by atoms with Gasteiger partial charge in [-0.2, -0.15) is 0 Å². The quantitative estimate of drug-likeness (QED) is 0.892. The zero-order valence-corrected chi connectivity index (χ0v) is 14.2. The molecule has 0 aromatic heterocycles. The summed E-state index contributed by atoms with van der Waals surface area (Å²) in [6.07, 6.45) is -0.436. The minimum atomic E-state index is -0.436. The zero-order valence-electron chi connectivity index (χ0n) is 13.5. The Morgan fingerprint density at radius 3 is 2.71 bits per heavy atom. The summed E-state index contributed by atoms with van der Waals surface area (Å²) < 4.78 is 18.9. The molecule has 1 aliphatic rings. The second kappa shape index (κ2) is 6.42. The van der Waals surface area contributed by atoms with Crippen molar-refractivity contribution in [3.8, 4) is 11.1 Å². The van der Waals surface area contributed by atoms with Crippen molar-refractivity contribution < 1.29 is 13.9 Å². The second-order valence-electron chi connectivity index (χ2n) is 5.86. The summed E-state index contributed by atoms with van der Waals surface area (Å²) in [5, 5.41) is 0.511. The summed E-state index contributed by atoms with van der Waals surface area (Å²) in [6.45, 7) is 4.38. The van der Waals surface area contributed by atoms with Gasteiger partial charge in [-0.05, 0) is 48.7 Å². The lowest BCUT2D eigenvalue weighted by Gasteiger charge is -2.25. The van der Waals surface area contributed by atoms with Gasteiger partial charge in [0.2, 0.25) is 0 Å². The van der Waals surface area contributed by atoms with Crippen LogP contribution >= 0.6 is 11.6 Å². The van der Waals surface area contributed by atoms with Crippen LogP contribution in [0.4, 0.5) is 14.9 Å². The fraction of sp³-hybridized carbons (Fsp3) is 0.278. The van der Waals surface area contributed by atoms with Gasteiger partial charge < -0.3 is 10.5 Å². The zero-order chi connectivity index (χ0) is 17.4. The number of carbonyl (C=O) groups is 1. The third-order valence-electron chi connectivity index (χ3n) is 4.16. The molecule has 24 heavy (non-hydrogen) atoms. The number of hydrogen-bond donors (Lipinski definition) is 1. The first-order valence-corrected chi connectivity index (χ1v) is 8.06. The summed E-state index contributed by atoms with van der Waals surface area (Å²) in [4.78, 5) is 13.7. The normalized spacial score (nSPS) is 15.5. The average Bonchev–Trinajstić information content (AvgIpc) is 2.95. The summed E-state index contributed by atoms with van der Waals surface area (Å²) in [5.41, 5.74) is 9.61. The Morgan fingerprint density at radius 2 is 2.12 bits per heavy atom. The number of amides is 1. The van der Waals surface area contributed by atoms with Gasteiger partial charge in [-0.25, -0.2) is 9.18 Å². The molecule has 1 fully saturated rings. The van der Waals surface area contributed by atoms with E-state index in [1.54, 1.807) is 18.2 Å². The second-order valence-corrected chi connectivity index (χ2v) is 6.27. The van der Waals surface area contributed by atoms with Crippen molar-refractivity contribution in [3.63, 3.8) is 0 Å². The Morgan fingerprint density at radius 1 is 1.38 bits per heavy atom. The van der Waals surface area contributed by atoms with Gasteiger partial charge in [-0.3, -0.25) is 4.90 Å². The van der Waals surface area contributed by atoms with Gasteiger partial charge in [-0.1, -0.05) is 23.7 Å². The van der Waals surface area contributed by atoms with Gasteiger partial charge in [0.15, 0.2) is 0 Å². The van der Waals surface area contributed by atoms with E-state index in [0.717, 1.165) is 11.1 Å². The predicted octanol–water partition coefficient (Wildman–Crippen LogP) is 4.43. The van der Waals surface area contributed by atoms with Crippen molar-refractivity contribution >= 4 is 23.4 Å². The molecule has 1 saturated heterocycles. The Labute approximate surface area is 145 Å². The number of nitrogens with zero attached hydrogens (tertiary/aromatic N) is 1. The summed E-state index contributed by atoms with van der Waals surface area (Å²) in [5.74, 6) is -0.356. The van der Waals surface area contributed by atoms with Crippen LogP contribution in [0.1, 0.15) is 24.1 Å². The van der Waals surface area contributed by atoms with Crippen LogP contribution in [-0.4, -0.2) is 19.2 Å². The van der Waals surface area contributed by atoms with Crippen LogP contribution in [0, 0.1) is 12.7 Å². The third-order valence-corrected chi connectivity index (χ3v) is 4.55. The van der Waals surface area contributed by atoms with Crippen molar-refractivity contribution in [1.82, 2.24) is 0 Å². The highest BCUT2D eigenvalue weighted by atomic mass is 35.5. The van der Waals surface area contributed by atoms with E-state index in [-0.39, 0.29) is 11.9 Å². The highest BCUT2D eigenvalue weighted by molar-refractivity contribution is 6.32. The van der Waals surface area contributed by atoms with E-state index in [9.17, 15) is 9.18 Å². The monoisotopic (exact) mass is 348 g/mol.